The second-order valence-corrected chi connectivity index (χ2v) is 12.8. The number of halogens is 2. The Hall–Kier alpha value is -3.87. The summed E-state index contributed by atoms with van der Waals surface area (Å²) in [6, 6.07) is 11.0. The van der Waals surface area contributed by atoms with Crippen LogP contribution in [0.3, 0.4) is 0 Å². The van der Waals surface area contributed by atoms with Crippen molar-refractivity contribution < 1.29 is 33.4 Å². The normalized spacial score (nSPS) is 14.5. The molecule has 0 bridgehead atoms. The molecule has 0 spiro atoms. The Morgan fingerprint density at radius 1 is 0.830 bits per heavy atom. The Morgan fingerprint density at radius 2 is 1.45 bits per heavy atom. The molecule has 2 aromatic carbocycles. The molecule has 0 unspecified atom stereocenters. The van der Waals surface area contributed by atoms with Gasteiger partial charge in [0.15, 0.2) is 0 Å². The van der Waals surface area contributed by atoms with Gasteiger partial charge >= 0.3 is 0 Å². The van der Waals surface area contributed by atoms with Gasteiger partial charge in [0, 0.05) is 35.0 Å². The van der Waals surface area contributed by atoms with Gasteiger partial charge in [0.2, 0.25) is 5.91 Å². The van der Waals surface area contributed by atoms with Gasteiger partial charge in [-0.05, 0) is 68.1 Å². The summed E-state index contributed by atoms with van der Waals surface area (Å²) in [7, 11) is 0. The molecule has 5 N–H and O–H groups in total. The third-order valence-electron chi connectivity index (χ3n) is 7.64. The molecule has 1 heterocycles. The number of benzene rings is 2. The van der Waals surface area contributed by atoms with Crippen molar-refractivity contribution in [1.29, 1.82) is 0 Å². The zero-order valence-electron chi connectivity index (χ0n) is 26.9. The monoisotopic (exact) mass is 670 g/mol. The van der Waals surface area contributed by atoms with E-state index in [0.29, 0.717) is 11.6 Å². The molecule has 47 heavy (non-hydrogen) atoms. The van der Waals surface area contributed by atoms with E-state index in [0.717, 1.165) is 37.8 Å². The molecule has 12 heteroatoms. The maximum atomic E-state index is 14.1. The summed E-state index contributed by atoms with van der Waals surface area (Å²) in [5.41, 5.74) is 0.714. The van der Waals surface area contributed by atoms with E-state index >= 15 is 0 Å². The first-order valence-electron chi connectivity index (χ1n) is 15.8. The quantitative estimate of drug-likeness (QED) is 0.135. The van der Waals surface area contributed by atoms with Crippen LogP contribution in [0.15, 0.2) is 73.1 Å². The van der Waals surface area contributed by atoms with E-state index in [1.807, 2.05) is 0 Å². The summed E-state index contributed by atoms with van der Waals surface area (Å²) in [6.45, 7) is 5.64. The van der Waals surface area contributed by atoms with E-state index in [2.05, 4.69) is 34.8 Å². The molecule has 3 amide bonds. The summed E-state index contributed by atoms with van der Waals surface area (Å²) < 4.78 is 28.3. The van der Waals surface area contributed by atoms with Crippen LogP contribution in [0, 0.1) is 11.6 Å². The summed E-state index contributed by atoms with van der Waals surface area (Å²) in [4.78, 5) is 43.7. The van der Waals surface area contributed by atoms with Crippen LogP contribution in [0.5, 0.6) is 0 Å². The highest BCUT2D eigenvalue weighted by molar-refractivity contribution is 7.99. The van der Waals surface area contributed by atoms with Gasteiger partial charge in [-0.2, -0.15) is 11.8 Å². The highest BCUT2D eigenvalue weighted by Crippen LogP contribution is 2.23. The first-order chi connectivity index (χ1) is 22.5. The fraction of sp³-hybridized carbons (Fsp3) is 0.429. The van der Waals surface area contributed by atoms with E-state index in [4.69, 9.17) is 0 Å². The number of thioether (sulfide) groups is 1. The topological polar surface area (TPSA) is 141 Å². The SMILES string of the molecule is CCCC(CCC)SC[C@@H](NC(=O)c1cccnc1)C(=O)N[C@@H](Cc1cc(F)cc(F)c1)[C@@H](O)[C@H](O)[C@@H](C)NC(=O)c1ccccc1. The van der Waals surface area contributed by atoms with Gasteiger partial charge in [-0.1, -0.05) is 44.9 Å². The molecule has 0 saturated heterocycles. The van der Waals surface area contributed by atoms with Gasteiger partial charge < -0.3 is 26.2 Å². The summed E-state index contributed by atoms with van der Waals surface area (Å²) in [5.74, 6) is -3.15. The molecule has 0 aliphatic rings. The molecule has 254 valence electrons. The number of carbonyl (C=O) groups is 3. The van der Waals surface area contributed by atoms with E-state index in [-0.39, 0.29) is 28.6 Å². The van der Waals surface area contributed by atoms with Gasteiger partial charge in [-0.15, -0.1) is 0 Å². The molecular weight excluding hydrogens is 626 g/mol. The van der Waals surface area contributed by atoms with Crippen molar-refractivity contribution in [3.8, 4) is 0 Å². The molecule has 9 nitrogen and oxygen atoms in total. The molecular formula is C35H44F2N4O5S. The van der Waals surface area contributed by atoms with Crippen molar-refractivity contribution >= 4 is 29.5 Å². The van der Waals surface area contributed by atoms with Crippen molar-refractivity contribution in [3.63, 3.8) is 0 Å². The molecule has 0 radical (unpaired) electrons. The van der Waals surface area contributed by atoms with Crippen molar-refractivity contribution in [3.05, 3.63) is 101 Å². The average molecular weight is 671 g/mol. The second kappa shape index (κ2) is 19.1. The third-order valence-corrected chi connectivity index (χ3v) is 9.11. The molecule has 3 aromatic rings. The number of pyridine rings is 1. The minimum atomic E-state index is -1.69. The van der Waals surface area contributed by atoms with E-state index in [1.165, 1.54) is 19.3 Å². The number of rotatable bonds is 18. The highest BCUT2D eigenvalue weighted by atomic mass is 32.2. The summed E-state index contributed by atoms with van der Waals surface area (Å²) in [6.07, 6.45) is 3.10. The molecule has 0 fully saturated rings. The van der Waals surface area contributed by atoms with E-state index in [9.17, 15) is 33.4 Å². The third kappa shape index (κ3) is 12.0. The van der Waals surface area contributed by atoms with Crippen LogP contribution in [-0.2, 0) is 11.2 Å². The van der Waals surface area contributed by atoms with E-state index < -0.39 is 59.7 Å². The average Bonchev–Trinajstić information content (AvgIpc) is 3.05. The van der Waals surface area contributed by atoms with Crippen LogP contribution >= 0.6 is 11.8 Å². The molecule has 0 saturated carbocycles. The van der Waals surface area contributed by atoms with Crippen LogP contribution < -0.4 is 16.0 Å². The smallest absolute Gasteiger partial charge is 0.253 e. The van der Waals surface area contributed by atoms with Crippen molar-refractivity contribution in [1.82, 2.24) is 20.9 Å². The van der Waals surface area contributed by atoms with Gasteiger partial charge in [-0.25, -0.2) is 8.78 Å². The van der Waals surface area contributed by atoms with Crippen LogP contribution in [-0.4, -0.2) is 74.3 Å². The van der Waals surface area contributed by atoms with Crippen molar-refractivity contribution in [2.75, 3.05) is 5.75 Å². The second-order valence-electron chi connectivity index (χ2n) is 11.5. The zero-order valence-corrected chi connectivity index (χ0v) is 27.7. The number of amides is 3. The zero-order chi connectivity index (χ0) is 34.3. The molecule has 3 rings (SSSR count). The van der Waals surface area contributed by atoms with Crippen LogP contribution in [0.4, 0.5) is 8.78 Å². The number of aromatic nitrogens is 1. The lowest BCUT2D eigenvalue weighted by atomic mass is 9.94. The first kappa shape index (κ1) is 37.6. The van der Waals surface area contributed by atoms with Gasteiger partial charge in [0.05, 0.1) is 17.6 Å². The fourth-order valence-electron chi connectivity index (χ4n) is 5.13. The maximum absolute atomic E-state index is 14.1. The molecule has 5 atom stereocenters. The van der Waals surface area contributed by atoms with Gasteiger partial charge in [-0.3, -0.25) is 19.4 Å². The molecule has 1 aromatic heterocycles. The Bertz CT molecular complexity index is 1410. The van der Waals surface area contributed by atoms with Gasteiger partial charge in [0.1, 0.15) is 29.9 Å². The number of aliphatic hydroxyl groups excluding tert-OH is 2. The molecule has 0 aliphatic heterocycles. The number of nitrogens with one attached hydrogen (secondary N) is 3. The van der Waals surface area contributed by atoms with Crippen LogP contribution in [0.1, 0.15) is 72.7 Å². The Kier molecular flexibility index (Phi) is 15.3. The van der Waals surface area contributed by atoms with Crippen molar-refractivity contribution in [2.24, 2.45) is 0 Å². The Labute approximate surface area is 279 Å². The summed E-state index contributed by atoms with van der Waals surface area (Å²) >= 11 is 1.55. The number of carbonyl (C=O) groups excluding carboxylic acids is 3. The number of hydrogen-bond donors (Lipinski definition) is 5. The Morgan fingerprint density at radius 3 is 2.04 bits per heavy atom. The van der Waals surface area contributed by atoms with E-state index in [1.54, 1.807) is 54.2 Å². The highest BCUT2D eigenvalue weighted by Gasteiger charge is 2.34. The number of aliphatic hydroxyl groups is 2. The van der Waals surface area contributed by atoms with Gasteiger partial charge in [0.25, 0.3) is 11.8 Å². The lowest BCUT2D eigenvalue weighted by Gasteiger charge is -2.32. The van der Waals surface area contributed by atoms with Crippen LogP contribution in [0.25, 0.3) is 0 Å². The molecule has 0 aliphatic carbocycles. The number of nitrogens with zero attached hydrogens (tertiary/aromatic N) is 1. The standard InChI is InChI=1S/C35H44F2N4O5S/c1-4-10-28(11-5-2)47-21-30(41-34(45)25-14-9-15-38-20-25)35(46)40-29(18-23-16-26(36)19-27(37)17-23)32(43)31(42)22(3)39-33(44)24-12-7-6-8-13-24/h6-9,12-17,19-20,22,28-32,42-43H,4-5,10-11,18,21H2,1-3H3,(H,39,44)(H,40,46)(H,41,45)/t22-,29+,30-,31-,32-/m1/s1. The fourth-order valence-corrected chi connectivity index (χ4v) is 6.63. The number of hydrogen-bond acceptors (Lipinski definition) is 7. The minimum Gasteiger partial charge on any atom is -0.388 e. The van der Waals surface area contributed by atoms with Crippen LogP contribution in [0.2, 0.25) is 0 Å². The lowest BCUT2D eigenvalue weighted by Crippen LogP contribution is -2.59. The predicted octanol–water partition coefficient (Wildman–Crippen LogP) is 4.43. The largest absolute Gasteiger partial charge is 0.388 e. The predicted molar refractivity (Wildman–Crippen MR) is 179 cm³/mol. The maximum Gasteiger partial charge on any atom is 0.253 e. The summed E-state index contributed by atoms with van der Waals surface area (Å²) in [5, 5.41) is 30.9. The first-order valence-corrected chi connectivity index (χ1v) is 16.9. The minimum absolute atomic E-state index is 0.122. The Balaban J connectivity index is 1.86. The van der Waals surface area contributed by atoms with Crippen molar-refractivity contribution in [2.45, 2.75) is 88.5 Å². The lowest BCUT2D eigenvalue weighted by molar-refractivity contribution is -0.125.